The molecule has 0 saturated heterocycles. The first-order chi connectivity index (χ1) is 17.1. The van der Waals surface area contributed by atoms with Gasteiger partial charge in [-0.1, -0.05) is 48.5 Å². The number of para-hydroxylation sites is 1. The normalized spacial score (nSPS) is 14.1. The number of hydrogen-bond donors (Lipinski definition) is 1. The molecule has 174 valence electrons. The van der Waals surface area contributed by atoms with E-state index in [1.165, 1.54) is 5.56 Å². The lowest BCUT2D eigenvalue weighted by Gasteiger charge is -2.18. The Bertz CT molecular complexity index is 1580. The van der Waals surface area contributed by atoms with Gasteiger partial charge in [-0.05, 0) is 62.4 Å². The number of fused-ring (bicyclic) bond motifs is 4. The molecule has 0 aliphatic heterocycles. The molecule has 6 nitrogen and oxygen atoms in total. The van der Waals surface area contributed by atoms with Gasteiger partial charge in [-0.25, -0.2) is 9.78 Å². The van der Waals surface area contributed by atoms with Gasteiger partial charge < -0.3 is 9.72 Å². The number of aryl methyl sites for hydroxylation is 1. The van der Waals surface area contributed by atoms with Crippen molar-refractivity contribution in [2.24, 2.45) is 0 Å². The van der Waals surface area contributed by atoms with Gasteiger partial charge in [-0.3, -0.25) is 9.36 Å². The lowest BCUT2D eigenvalue weighted by Crippen LogP contribution is -2.30. The second-order valence-electron chi connectivity index (χ2n) is 9.05. The van der Waals surface area contributed by atoms with Gasteiger partial charge >= 0.3 is 5.97 Å². The van der Waals surface area contributed by atoms with Crippen molar-refractivity contribution in [3.63, 3.8) is 0 Å². The van der Waals surface area contributed by atoms with Crippen LogP contribution in [-0.2, 0) is 17.6 Å². The highest BCUT2D eigenvalue weighted by Crippen LogP contribution is 2.32. The number of carbonyl (C=O) groups is 2. The van der Waals surface area contributed by atoms with Gasteiger partial charge in [0, 0.05) is 16.6 Å². The van der Waals surface area contributed by atoms with Crippen LogP contribution in [0.1, 0.15) is 46.2 Å². The minimum atomic E-state index is -0.915. The quantitative estimate of drug-likeness (QED) is 0.334. The number of rotatable bonds is 4. The van der Waals surface area contributed by atoms with E-state index in [1.54, 1.807) is 29.7 Å². The molecule has 6 heteroatoms. The minimum Gasteiger partial charge on any atom is -0.449 e. The van der Waals surface area contributed by atoms with Crippen LogP contribution < -0.4 is 0 Å². The van der Waals surface area contributed by atoms with Gasteiger partial charge in [0.05, 0.1) is 22.1 Å². The highest BCUT2D eigenvalue weighted by molar-refractivity contribution is 6.00. The number of aromatic nitrogens is 3. The highest BCUT2D eigenvalue weighted by Gasteiger charge is 2.28. The number of carbonyl (C=O) groups excluding carboxylic acids is 2. The Hall–Kier alpha value is -4.19. The molecule has 35 heavy (non-hydrogen) atoms. The zero-order valence-corrected chi connectivity index (χ0v) is 19.5. The second-order valence-corrected chi connectivity index (χ2v) is 9.05. The van der Waals surface area contributed by atoms with Gasteiger partial charge in [0.1, 0.15) is 5.82 Å². The molecule has 0 spiro atoms. The molecule has 1 atom stereocenters. The highest BCUT2D eigenvalue weighted by atomic mass is 16.5. The number of H-pyrrole nitrogens is 1. The van der Waals surface area contributed by atoms with Gasteiger partial charge in [0.2, 0.25) is 0 Å². The molecule has 0 radical (unpaired) electrons. The van der Waals surface area contributed by atoms with Crippen molar-refractivity contribution in [3.05, 3.63) is 89.6 Å². The smallest absolute Gasteiger partial charge is 0.338 e. The molecule has 2 heterocycles. The van der Waals surface area contributed by atoms with E-state index in [2.05, 4.69) is 16.0 Å². The summed E-state index contributed by atoms with van der Waals surface area (Å²) in [6, 6.07) is 23.0. The Morgan fingerprint density at radius 2 is 1.74 bits per heavy atom. The number of imidazole rings is 1. The van der Waals surface area contributed by atoms with E-state index in [4.69, 9.17) is 4.74 Å². The van der Waals surface area contributed by atoms with Crippen LogP contribution in [-0.4, -0.2) is 32.5 Å². The number of hydrogen-bond acceptors (Lipinski definition) is 4. The fraction of sp³-hybridized carbons (Fsp3) is 0.207. The van der Waals surface area contributed by atoms with E-state index < -0.39 is 12.1 Å². The van der Waals surface area contributed by atoms with Gasteiger partial charge in [0.25, 0.3) is 5.91 Å². The second kappa shape index (κ2) is 8.55. The van der Waals surface area contributed by atoms with Crippen LogP contribution in [0.2, 0.25) is 0 Å². The average Bonchev–Trinajstić information content (AvgIpc) is 3.47. The number of nitrogens with zero attached hydrogens (tertiary/aromatic N) is 2. The van der Waals surface area contributed by atoms with E-state index in [1.807, 2.05) is 48.5 Å². The third kappa shape index (κ3) is 3.71. The molecule has 2 aromatic heterocycles. The summed E-state index contributed by atoms with van der Waals surface area (Å²) in [5, 5.41) is 1.12. The predicted molar refractivity (Wildman–Crippen MR) is 136 cm³/mol. The molecule has 0 fully saturated rings. The van der Waals surface area contributed by atoms with Gasteiger partial charge in [0.15, 0.2) is 6.10 Å². The zero-order chi connectivity index (χ0) is 23.9. The zero-order valence-electron chi connectivity index (χ0n) is 19.5. The van der Waals surface area contributed by atoms with Crippen LogP contribution in [0.3, 0.4) is 0 Å². The molecular weight excluding hydrogens is 438 g/mol. The van der Waals surface area contributed by atoms with Crippen LogP contribution >= 0.6 is 0 Å². The Balaban J connectivity index is 1.26. The maximum absolute atomic E-state index is 13.5. The van der Waals surface area contributed by atoms with Crippen LogP contribution in [0.5, 0.6) is 0 Å². The van der Waals surface area contributed by atoms with Crippen molar-refractivity contribution < 1.29 is 14.3 Å². The number of ether oxygens (including phenoxy) is 1. The summed E-state index contributed by atoms with van der Waals surface area (Å²) in [5.74, 6) is -0.0143. The van der Waals surface area contributed by atoms with Gasteiger partial charge in [-0.2, -0.15) is 0 Å². The third-order valence-electron chi connectivity index (χ3n) is 6.80. The summed E-state index contributed by atoms with van der Waals surface area (Å²) in [6.07, 6.45) is 3.10. The predicted octanol–water partition coefficient (Wildman–Crippen LogP) is 5.95. The van der Waals surface area contributed by atoms with Gasteiger partial charge in [-0.15, -0.1) is 0 Å². The molecule has 5 aromatic rings. The van der Waals surface area contributed by atoms with Crippen LogP contribution in [0.25, 0.3) is 33.3 Å². The number of esters is 1. The molecule has 1 N–H and O–H groups in total. The topological polar surface area (TPSA) is 77.0 Å². The maximum atomic E-state index is 13.5. The Morgan fingerprint density at radius 3 is 2.60 bits per heavy atom. The lowest BCUT2D eigenvalue weighted by molar-refractivity contribution is 0.0285. The van der Waals surface area contributed by atoms with Crippen molar-refractivity contribution in [3.8, 4) is 11.4 Å². The van der Waals surface area contributed by atoms with Crippen molar-refractivity contribution >= 4 is 33.8 Å². The molecule has 1 aliphatic carbocycles. The minimum absolute atomic E-state index is 0.216. The molecule has 1 unspecified atom stereocenters. The van der Waals surface area contributed by atoms with Crippen molar-refractivity contribution in [2.45, 2.75) is 38.7 Å². The average molecular weight is 464 g/mol. The first kappa shape index (κ1) is 21.4. The maximum Gasteiger partial charge on any atom is 0.338 e. The summed E-state index contributed by atoms with van der Waals surface area (Å²) < 4.78 is 7.43. The Labute approximate surface area is 202 Å². The fourth-order valence-corrected chi connectivity index (χ4v) is 5.08. The standard InChI is InChI=1S/C29H25N3O3/c1-18(28(33)32-25-13-7-5-11-21(25)22-12-6-8-14-26(22)32)35-29(34)20-15-16-23-24(17-20)31-27(30-23)19-9-3-2-4-10-19/h2-5,7,9-11,13,15-18H,6,8,12,14H2,1H3,(H,30,31). The molecule has 0 bridgehead atoms. The molecule has 6 rings (SSSR count). The van der Waals surface area contributed by atoms with E-state index in [0.717, 1.165) is 64.7 Å². The molecule has 0 amide bonds. The van der Waals surface area contributed by atoms with Crippen LogP contribution in [0, 0.1) is 0 Å². The Kier molecular flexibility index (Phi) is 5.21. The molecule has 3 aromatic carbocycles. The summed E-state index contributed by atoms with van der Waals surface area (Å²) in [7, 11) is 0. The van der Waals surface area contributed by atoms with E-state index >= 15 is 0 Å². The SMILES string of the molecule is CC(OC(=O)c1ccc2nc(-c3ccccc3)[nH]c2c1)C(=O)n1c2c(c3ccccc31)CCCC2. The summed E-state index contributed by atoms with van der Waals surface area (Å²) in [6.45, 7) is 1.65. The summed E-state index contributed by atoms with van der Waals surface area (Å²) >= 11 is 0. The largest absolute Gasteiger partial charge is 0.449 e. The van der Waals surface area contributed by atoms with E-state index in [0.29, 0.717) is 5.56 Å². The van der Waals surface area contributed by atoms with Crippen LogP contribution in [0.4, 0.5) is 0 Å². The molecular formula is C29H25N3O3. The van der Waals surface area contributed by atoms with Crippen molar-refractivity contribution in [2.75, 3.05) is 0 Å². The molecule has 0 saturated carbocycles. The first-order valence-electron chi connectivity index (χ1n) is 12.0. The molecule has 1 aliphatic rings. The Morgan fingerprint density at radius 1 is 0.971 bits per heavy atom. The fourth-order valence-electron chi connectivity index (χ4n) is 5.08. The third-order valence-corrected chi connectivity index (χ3v) is 6.80. The number of benzene rings is 3. The summed E-state index contributed by atoms with van der Waals surface area (Å²) in [4.78, 5) is 34.4. The lowest BCUT2D eigenvalue weighted by atomic mass is 9.95. The number of nitrogens with one attached hydrogen (secondary N) is 1. The summed E-state index contributed by atoms with van der Waals surface area (Å²) in [5.41, 5.74) is 6.03. The first-order valence-corrected chi connectivity index (χ1v) is 12.0. The van der Waals surface area contributed by atoms with Crippen molar-refractivity contribution in [1.29, 1.82) is 0 Å². The number of aromatic amines is 1. The monoisotopic (exact) mass is 463 g/mol. The van der Waals surface area contributed by atoms with E-state index in [-0.39, 0.29) is 5.91 Å². The van der Waals surface area contributed by atoms with Crippen LogP contribution in [0.15, 0.2) is 72.8 Å². The van der Waals surface area contributed by atoms with Crippen molar-refractivity contribution in [1.82, 2.24) is 14.5 Å². The van der Waals surface area contributed by atoms with E-state index in [9.17, 15) is 9.59 Å².